The van der Waals surface area contributed by atoms with Crippen molar-refractivity contribution in [3.8, 4) is 0 Å². The lowest BCUT2D eigenvalue weighted by Gasteiger charge is -2.20. The summed E-state index contributed by atoms with van der Waals surface area (Å²) in [7, 11) is 0. The van der Waals surface area contributed by atoms with Crippen LogP contribution in [0.3, 0.4) is 0 Å². The summed E-state index contributed by atoms with van der Waals surface area (Å²) < 4.78 is 16.3. The molecule has 1 aliphatic heterocycles. The van der Waals surface area contributed by atoms with Crippen LogP contribution in [0.1, 0.15) is 22.8 Å². The molecule has 0 N–H and O–H groups in total. The summed E-state index contributed by atoms with van der Waals surface area (Å²) in [6.45, 7) is 2.18. The molecule has 4 rings (SSSR count). The van der Waals surface area contributed by atoms with Crippen molar-refractivity contribution in [2.75, 3.05) is 6.61 Å². The Morgan fingerprint density at radius 2 is 1.68 bits per heavy atom. The van der Waals surface area contributed by atoms with Crippen molar-refractivity contribution in [1.82, 2.24) is 0 Å². The second kappa shape index (κ2) is 7.44. The monoisotopic (exact) mass is 376 g/mol. The van der Waals surface area contributed by atoms with Crippen LogP contribution in [0.15, 0.2) is 72.8 Å². The molecule has 3 aromatic rings. The molecule has 142 valence electrons. The molecule has 1 fully saturated rings. The van der Waals surface area contributed by atoms with Crippen molar-refractivity contribution in [1.29, 1.82) is 0 Å². The SMILES string of the molecule is C[C@@]1([C@H](OC(=O)c2cccc3ccccc23)C(=O)OCc2ccccc2)CO1. The van der Waals surface area contributed by atoms with Crippen LogP contribution in [0, 0.1) is 0 Å². The fourth-order valence-corrected chi connectivity index (χ4v) is 3.07. The van der Waals surface area contributed by atoms with E-state index in [2.05, 4.69) is 0 Å². The highest BCUT2D eigenvalue weighted by Crippen LogP contribution is 2.34. The van der Waals surface area contributed by atoms with Gasteiger partial charge in [-0.25, -0.2) is 9.59 Å². The third kappa shape index (κ3) is 3.75. The summed E-state index contributed by atoms with van der Waals surface area (Å²) in [6, 6.07) is 22.3. The minimum atomic E-state index is -1.12. The van der Waals surface area contributed by atoms with Crippen LogP contribution in [0.2, 0.25) is 0 Å². The predicted octanol–water partition coefficient (Wildman–Crippen LogP) is 3.90. The lowest BCUT2D eigenvalue weighted by atomic mass is 10.0. The number of ether oxygens (including phenoxy) is 3. The molecular weight excluding hydrogens is 356 g/mol. The van der Waals surface area contributed by atoms with Gasteiger partial charge in [-0.1, -0.05) is 66.7 Å². The first-order valence-corrected chi connectivity index (χ1v) is 9.10. The van der Waals surface area contributed by atoms with E-state index >= 15 is 0 Å². The molecule has 0 aliphatic carbocycles. The van der Waals surface area contributed by atoms with E-state index in [-0.39, 0.29) is 6.61 Å². The van der Waals surface area contributed by atoms with E-state index < -0.39 is 23.6 Å². The summed E-state index contributed by atoms with van der Waals surface area (Å²) in [5, 5.41) is 1.70. The largest absolute Gasteiger partial charge is 0.458 e. The van der Waals surface area contributed by atoms with Gasteiger partial charge in [0.05, 0.1) is 12.2 Å². The average Bonchev–Trinajstić information content (AvgIpc) is 3.48. The Balaban J connectivity index is 1.52. The molecule has 0 spiro atoms. The molecule has 0 aromatic heterocycles. The molecule has 0 bridgehead atoms. The maximum absolute atomic E-state index is 12.8. The highest BCUT2D eigenvalue weighted by Gasteiger charge is 2.54. The first-order valence-electron chi connectivity index (χ1n) is 9.10. The third-order valence-electron chi connectivity index (χ3n) is 4.83. The predicted molar refractivity (Wildman–Crippen MR) is 104 cm³/mol. The fraction of sp³-hybridized carbons (Fsp3) is 0.217. The van der Waals surface area contributed by atoms with E-state index in [0.29, 0.717) is 12.2 Å². The molecule has 28 heavy (non-hydrogen) atoms. The lowest BCUT2D eigenvalue weighted by Crippen LogP contribution is -2.40. The average molecular weight is 376 g/mol. The summed E-state index contributed by atoms with van der Waals surface area (Å²) in [6.07, 6.45) is -1.12. The first-order chi connectivity index (χ1) is 13.6. The normalized spacial score (nSPS) is 19.0. The van der Waals surface area contributed by atoms with Gasteiger partial charge in [0.25, 0.3) is 0 Å². The fourth-order valence-electron chi connectivity index (χ4n) is 3.07. The maximum atomic E-state index is 12.8. The summed E-state index contributed by atoms with van der Waals surface area (Å²) in [5.41, 5.74) is 0.411. The Labute approximate surface area is 162 Å². The molecule has 5 heteroatoms. The van der Waals surface area contributed by atoms with Crippen LogP contribution in [0.4, 0.5) is 0 Å². The zero-order valence-corrected chi connectivity index (χ0v) is 15.5. The number of epoxide rings is 1. The van der Waals surface area contributed by atoms with Crippen LogP contribution >= 0.6 is 0 Å². The van der Waals surface area contributed by atoms with Crippen LogP contribution in [-0.4, -0.2) is 30.3 Å². The van der Waals surface area contributed by atoms with Crippen LogP contribution in [0.25, 0.3) is 10.8 Å². The minimum absolute atomic E-state index is 0.109. The van der Waals surface area contributed by atoms with Crippen molar-refractivity contribution in [3.05, 3.63) is 83.9 Å². The highest BCUT2D eigenvalue weighted by atomic mass is 16.7. The molecule has 0 saturated carbocycles. The summed E-state index contributed by atoms with van der Waals surface area (Å²) >= 11 is 0. The number of rotatable bonds is 6. The zero-order valence-electron chi connectivity index (χ0n) is 15.5. The van der Waals surface area contributed by atoms with Gasteiger partial charge in [-0.2, -0.15) is 0 Å². The summed E-state index contributed by atoms with van der Waals surface area (Å²) in [4.78, 5) is 25.5. The first kappa shape index (κ1) is 18.2. The third-order valence-corrected chi connectivity index (χ3v) is 4.83. The van der Waals surface area contributed by atoms with Gasteiger partial charge in [-0.15, -0.1) is 0 Å². The van der Waals surface area contributed by atoms with E-state index in [1.54, 1.807) is 19.1 Å². The van der Waals surface area contributed by atoms with E-state index in [1.165, 1.54) is 0 Å². The Morgan fingerprint density at radius 3 is 2.43 bits per heavy atom. The van der Waals surface area contributed by atoms with Gasteiger partial charge in [0, 0.05) is 0 Å². The number of esters is 2. The van der Waals surface area contributed by atoms with E-state index in [0.717, 1.165) is 16.3 Å². The number of fused-ring (bicyclic) bond motifs is 1. The van der Waals surface area contributed by atoms with Crippen LogP contribution < -0.4 is 0 Å². The second-order valence-electron chi connectivity index (χ2n) is 7.01. The molecule has 0 amide bonds. The topological polar surface area (TPSA) is 65.1 Å². The molecular formula is C23H20O5. The van der Waals surface area contributed by atoms with Gasteiger partial charge in [0.1, 0.15) is 12.2 Å². The number of carbonyl (C=O) groups excluding carboxylic acids is 2. The van der Waals surface area contributed by atoms with Crippen molar-refractivity contribution in [2.45, 2.75) is 25.2 Å². The van der Waals surface area contributed by atoms with Gasteiger partial charge >= 0.3 is 11.9 Å². The van der Waals surface area contributed by atoms with E-state index in [9.17, 15) is 9.59 Å². The maximum Gasteiger partial charge on any atom is 0.350 e. The van der Waals surface area contributed by atoms with E-state index in [1.807, 2.05) is 60.7 Å². The second-order valence-corrected chi connectivity index (χ2v) is 7.01. The number of carbonyl (C=O) groups is 2. The molecule has 0 radical (unpaired) electrons. The quantitative estimate of drug-likeness (QED) is 0.482. The van der Waals surface area contributed by atoms with Gasteiger partial charge in [-0.05, 0) is 29.3 Å². The smallest absolute Gasteiger partial charge is 0.350 e. The van der Waals surface area contributed by atoms with Gasteiger partial charge in [-0.3, -0.25) is 0 Å². The Hall–Kier alpha value is -3.18. The number of hydrogen-bond donors (Lipinski definition) is 0. The standard InChI is InChI=1S/C23H20O5/c1-23(15-27-23)20(22(25)26-14-16-8-3-2-4-9-16)28-21(24)19-13-7-11-17-10-5-6-12-18(17)19/h2-13,20H,14-15H2,1H3/t20-,23+/m1/s1. The van der Waals surface area contributed by atoms with Crippen molar-refractivity contribution in [2.24, 2.45) is 0 Å². The Morgan fingerprint density at radius 1 is 1.00 bits per heavy atom. The van der Waals surface area contributed by atoms with Gasteiger partial charge in [0.2, 0.25) is 6.10 Å². The Bertz CT molecular complexity index is 1000. The van der Waals surface area contributed by atoms with Gasteiger partial charge in [0.15, 0.2) is 0 Å². The van der Waals surface area contributed by atoms with Crippen LogP contribution in [-0.2, 0) is 25.6 Å². The van der Waals surface area contributed by atoms with Gasteiger partial charge < -0.3 is 14.2 Å². The molecule has 1 saturated heterocycles. The summed E-state index contributed by atoms with van der Waals surface area (Å²) in [5.74, 6) is -1.19. The molecule has 2 atom stereocenters. The van der Waals surface area contributed by atoms with Crippen molar-refractivity contribution < 1.29 is 23.8 Å². The molecule has 0 unspecified atom stereocenters. The number of hydrogen-bond acceptors (Lipinski definition) is 5. The number of benzene rings is 3. The molecule has 1 heterocycles. The lowest BCUT2D eigenvalue weighted by molar-refractivity contribution is -0.158. The zero-order chi connectivity index (χ0) is 19.6. The van der Waals surface area contributed by atoms with E-state index in [4.69, 9.17) is 14.2 Å². The molecule has 1 aliphatic rings. The van der Waals surface area contributed by atoms with Crippen molar-refractivity contribution in [3.63, 3.8) is 0 Å². The van der Waals surface area contributed by atoms with Crippen molar-refractivity contribution >= 4 is 22.7 Å². The Kier molecular flexibility index (Phi) is 4.84. The molecule has 5 nitrogen and oxygen atoms in total. The highest BCUT2D eigenvalue weighted by molar-refractivity contribution is 6.05. The minimum Gasteiger partial charge on any atom is -0.458 e. The van der Waals surface area contributed by atoms with Crippen LogP contribution in [0.5, 0.6) is 0 Å². The molecule has 3 aromatic carbocycles.